The van der Waals surface area contributed by atoms with Gasteiger partial charge >= 0.3 is 0 Å². The molecule has 2 nitrogen and oxygen atoms in total. The lowest BCUT2D eigenvalue weighted by atomic mass is 9.48. The molecule has 0 spiro atoms. The summed E-state index contributed by atoms with van der Waals surface area (Å²) in [6, 6.07) is 0. The fourth-order valence-corrected chi connectivity index (χ4v) is 6.66. The van der Waals surface area contributed by atoms with Crippen LogP contribution in [0.25, 0.3) is 0 Å². The quantitative estimate of drug-likeness (QED) is 0.714. The Labute approximate surface area is 139 Å². The molecule has 2 saturated carbocycles. The van der Waals surface area contributed by atoms with Crippen LogP contribution in [-0.4, -0.2) is 11.6 Å². The van der Waals surface area contributed by atoms with Crippen molar-refractivity contribution in [1.82, 2.24) is 0 Å². The highest BCUT2D eigenvalue weighted by molar-refractivity contribution is 5.92. The van der Waals surface area contributed by atoms with Crippen LogP contribution in [0.15, 0.2) is 23.8 Å². The van der Waals surface area contributed by atoms with Crippen LogP contribution in [0, 0.1) is 34.5 Å². The third-order valence-corrected chi connectivity index (χ3v) is 8.01. The van der Waals surface area contributed by atoms with Gasteiger partial charge in [0.1, 0.15) is 5.78 Å². The molecule has 0 aromatic carbocycles. The lowest BCUT2D eigenvalue weighted by Crippen LogP contribution is -2.49. The summed E-state index contributed by atoms with van der Waals surface area (Å²) in [6.45, 7) is 6.54. The third kappa shape index (κ3) is 1.99. The maximum atomic E-state index is 12.1. The zero-order valence-electron chi connectivity index (χ0n) is 14.6. The summed E-state index contributed by atoms with van der Waals surface area (Å²) in [4.78, 5) is 24.0. The van der Waals surface area contributed by atoms with Crippen molar-refractivity contribution >= 4 is 11.6 Å². The van der Waals surface area contributed by atoms with E-state index in [0.29, 0.717) is 35.7 Å². The van der Waals surface area contributed by atoms with Crippen molar-refractivity contribution in [2.75, 3.05) is 0 Å². The van der Waals surface area contributed by atoms with Gasteiger partial charge in [0.25, 0.3) is 0 Å². The van der Waals surface area contributed by atoms with Crippen LogP contribution in [0.3, 0.4) is 0 Å². The lowest BCUT2D eigenvalue weighted by Gasteiger charge is -2.55. The Hall–Kier alpha value is -1.18. The number of carbonyl (C=O) groups is 2. The zero-order chi connectivity index (χ0) is 16.4. The fourth-order valence-electron chi connectivity index (χ4n) is 6.66. The van der Waals surface area contributed by atoms with Gasteiger partial charge in [-0.3, -0.25) is 9.59 Å². The molecule has 4 aliphatic rings. The van der Waals surface area contributed by atoms with Crippen molar-refractivity contribution in [1.29, 1.82) is 0 Å². The number of Topliss-reactive ketones (excluding diaryl/α,β-unsaturated/α-hetero) is 1. The molecule has 2 heteroatoms. The molecule has 4 aliphatic carbocycles. The zero-order valence-corrected chi connectivity index (χ0v) is 14.6. The molecule has 0 saturated heterocycles. The molecule has 0 radical (unpaired) electrons. The molecule has 6 atom stereocenters. The number of fused-ring (bicyclic) bond motifs is 5. The second-order valence-electron chi connectivity index (χ2n) is 8.92. The van der Waals surface area contributed by atoms with E-state index in [1.807, 2.05) is 6.08 Å². The molecular weight excluding hydrogens is 284 g/mol. The topological polar surface area (TPSA) is 34.1 Å². The first-order valence-electron chi connectivity index (χ1n) is 9.30. The van der Waals surface area contributed by atoms with Gasteiger partial charge in [-0.2, -0.15) is 0 Å². The molecule has 0 aromatic rings. The number of ketones is 2. The van der Waals surface area contributed by atoms with Crippen molar-refractivity contribution in [2.45, 2.75) is 59.3 Å². The maximum absolute atomic E-state index is 12.1. The first-order chi connectivity index (χ1) is 10.9. The summed E-state index contributed by atoms with van der Waals surface area (Å²) < 4.78 is 0. The number of rotatable bonds is 1. The second-order valence-corrected chi connectivity index (χ2v) is 8.92. The first-order valence-corrected chi connectivity index (χ1v) is 9.30. The van der Waals surface area contributed by atoms with Crippen molar-refractivity contribution < 1.29 is 9.59 Å². The molecule has 23 heavy (non-hydrogen) atoms. The second kappa shape index (κ2) is 4.91. The number of hydrogen-bond acceptors (Lipinski definition) is 2. The van der Waals surface area contributed by atoms with Crippen molar-refractivity contribution in [3.05, 3.63) is 23.8 Å². The van der Waals surface area contributed by atoms with Gasteiger partial charge in [-0.1, -0.05) is 26.0 Å². The summed E-state index contributed by atoms with van der Waals surface area (Å²) in [7, 11) is 0. The SMILES string of the molecule is CC(=O)[C@H]1CCC2[C@@H]3C=CC4=CC(=O)CC[C@]4(C)C3CC[C@@]21C. The van der Waals surface area contributed by atoms with Crippen LogP contribution in [-0.2, 0) is 9.59 Å². The normalized spacial score (nSPS) is 48.3. The minimum Gasteiger partial charge on any atom is -0.300 e. The van der Waals surface area contributed by atoms with Crippen molar-refractivity contribution in [3.8, 4) is 0 Å². The van der Waals surface area contributed by atoms with Gasteiger partial charge in [-0.15, -0.1) is 0 Å². The molecule has 2 fully saturated rings. The monoisotopic (exact) mass is 312 g/mol. The van der Waals surface area contributed by atoms with Crippen LogP contribution >= 0.6 is 0 Å². The van der Waals surface area contributed by atoms with E-state index < -0.39 is 0 Å². The van der Waals surface area contributed by atoms with E-state index in [1.165, 1.54) is 24.8 Å². The third-order valence-electron chi connectivity index (χ3n) is 8.01. The molecular formula is C21H28O2. The van der Waals surface area contributed by atoms with Crippen LogP contribution in [0.5, 0.6) is 0 Å². The van der Waals surface area contributed by atoms with E-state index in [4.69, 9.17) is 0 Å². The highest BCUT2D eigenvalue weighted by atomic mass is 16.1. The number of allylic oxidation sites excluding steroid dienone is 4. The van der Waals surface area contributed by atoms with E-state index in [9.17, 15) is 9.59 Å². The average Bonchev–Trinajstić information content (AvgIpc) is 2.85. The van der Waals surface area contributed by atoms with E-state index in [2.05, 4.69) is 26.0 Å². The van der Waals surface area contributed by atoms with Gasteiger partial charge in [0.05, 0.1) is 0 Å². The van der Waals surface area contributed by atoms with Crippen LogP contribution < -0.4 is 0 Å². The van der Waals surface area contributed by atoms with Gasteiger partial charge in [0, 0.05) is 12.3 Å². The Bertz CT molecular complexity index is 628. The minimum atomic E-state index is 0.170. The highest BCUT2D eigenvalue weighted by Gasteiger charge is 2.58. The summed E-state index contributed by atoms with van der Waals surface area (Å²) >= 11 is 0. The fraction of sp³-hybridized carbons (Fsp3) is 0.714. The Morgan fingerprint density at radius 1 is 1.13 bits per heavy atom. The van der Waals surface area contributed by atoms with Gasteiger partial charge < -0.3 is 0 Å². The Morgan fingerprint density at radius 2 is 1.91 bits per heavy atom. The van der Waals surface area contributed by atoms with E-state index in [-0.39, 0.29) is 16.7 Å². The summed E-state index contributed by atoms with van der Waals surface area (Å²) in [5.41, 5.74) is 1.63. The standard InChI is InChI=1S/C21H28O2/c1-13(22)17-6-7-18-16-5-4-14-12-15(23)8-10-20(14,2)19(16)9-11-21(17,18)3/h4-5,12,16-19H,6-11H2,1-3H3/t16-,17+,18?,19?,20-,21+/m0/s1. The van der Waals surface area contributed by atoms with Gasteiger partial charge in [0.15, 0.2) is 5.78 Å². The minimum absolute atomic E-state index is 0.170. The van der Waals surface area contributed by atoms with Crippen molar-refractivity contribution in [3.63, 3.8) is 0 Å². The molecule has 0 aromatic heterocycles. The molecule has 4 rings (SSSR count). The number of carbonyl (C=O) groups excluding carboxylic acids is 2. The molecule has 0 aliphatic heterocycles. The predicted octanol–water partition coefficient (Wildman–Crippen LogP) is 4.50. The molecule has 0 amide bonds. The van der Waals surface area contributed by atoms with E-state index >= 15 is 0 Å². The largest absolute Gasteiger partial charge is 0.300 e. The van der Waals surface area contributed by atoms with Gasteiger partial charge in [0.2, 0.25) is 0 Å². The first kappa shape index (κ1) is 15.4. The molecule has 0 bridgehead atoms. The van der Waals surface area contributed by atoms with Gasteiger partial charge in [-0.25, -0.2) is 0 Å². The molecule has 0 heterocycles. The predicted molar refractivity (Wildman–Crippen MR) is 90.8 cm³/mol. The Balaban J connectivity index is 1.72. The molecule has 2 unspecified atom stereocenters. The van der Waals surface area contributed by atoms with Crippen LogP contribution in [0.1, 0.15) is 59.3 Å². The molecule has 0 N–H and O–H groups in total. The summed E-state index contributed by atoms with van der Waals surface area (Å²) in [5.74, 6) is 2.83. The van der Waals surface area contributed by atoms with E-state index in [0.717, 1.165) is 12.8 Å². The lowest BCUT2D eigenvalue weighted by molar-refractivity contribution is -0.127. The Morgan fingerprint density at radius 3 is 2.65 bits per heavy atom. The summed E-state index contributed by atoms with van der Waals surface area (Å²) in [5, 5.41) is 0. The summed E-state index contributed by atoms with van der Waals surface area (Å²) in [6.07, 6.45) is 12.9. The molecule has 124 valence electrons. The average molecular weight is 312 g/mol. The highest BCUT2D eigenvalue weighted by Crippen LogP contribution is 2.65. The maximum Gasteiger partial charge on any atom is 0.156 e. The van der Waals surface area contributed by atoms with E-state index in [1.54, 1.807) is 6.92 Å². The smallest absolute Gasteiger partial charge is 0.156 e. The number of hydrogen-bond donors (Lipinski definition) is 0. The van der Waals surface area contributed by atoms with Crippen LogP contribution in [0.2, 0.25) is 0 Å². The van der Waals surface area contributed by atoms with Gasteiger partial charge in [-0.05, 0) is 79.3 Å². The van der Waals surface area contributed by atoms with Crippen LogP contribution in [0.4, 0.5) is 0 Å². The Kier molecular flexibility index (Phi) is 3.28. The van der Waals surface area contributed by atoms with Crippen molar-refractivity contribution in [2.24, 2.45) is 34.5 Å².